The SMILES string of the molecule is C=CO/C(CNc1ncnc2c1ncn2CC(C)OCP(NC(C)(C)C=O)NC(C)(C)C=O)=C(/C)CC. The van der Waals surface area contributed by atoms with Gasteiger partial charge in [0.2, 0.25) is 0 Å². The average molecular weight is 534 g/mol. The minimum Gasteiger partial charge on any atom is -0.468 e. The fraction of sp³-hybridized carbons (Fsp3) is 0.560. The van der Waals surface area contributed by atoms with E-state index >= 15 is 0 Å². The molecule has 0 saturated heterocycles. The van der Waals surface area contributed by atoms with Crippen LogP contribution in [0.25, 0.3) is 11.2 Å². The lowest BCUT2D eigenvalue weighted by atomic mass is 10.1. The molecule has 0 aliphatic carbocycles. The van der Waals surface area contributed by atoms with E-state index in [0.717, 1.165) is 30.3 Å². The van der Waals surface area contributed by atoms with Gasteiger partial charge in [-0.1, -0.05) is 13.5 Å². The normalized spacial score (nSPS) is 13.8. The summed E-state index contributed by atoms with van der Waals surface area (Å²) < 4.78 is 13.6. The second kappa shape index (κ2) is 13.7. The van der Waals surface area contributed by atoms with Crippen LogP contribution in [0.15, 0.2) is 36.8 Å². The van der Waals surface area contributed by atoms with Crippen LogP contribution in [0.5, 0.6) is 0 Å². The highest BCUT2D eigenvalue weighted by Gasteiger charge is 2.27. The Bertz CT molecular complexity index is 1080. The number of rotatable bonds is 17. The van der Waals surface area contributed by atoms with E-state index in [9.17, 15) is 9.59 Å². The number of nitrogens with one attached hydrogen (secondary N) is 3. The molecule has 204 valence electrons. The van der Waals surface area contributed by atoms with Crippen LogP contribution in [0, 0.1) is 0 Å². The van der Waals surface area contributed by atoms with Crippen molar-refractivity contribution in [2.75, 3.05) is 18.2 Å². The van der Waals surface area contributed by atoms with Crippen LogP contribution in [0.3, 0.4) is 0 Å². The number of allylic oxidation sites excluding steroid dienone is 1. The van der Waals surface area contributed by atoms with Gasteiger partial charge in [-0.25, -0.2) is 15.0 Å². The van der Waals surface area contributed by atoms with Gasteiger partial charge >= 0.3 is 0 Å². The number of aldehydes is 2. The largest absolute Gasteiger partial charge is 0.468 e. The number of hydrogen-bond donors (Lipinski definition) is 3. The first-order valence-electron chi connectivity index (χ1n) is 12.2. The number of imidazole rings is 1. The van der Waals surface area contributed by atoms with Crippen LogP contribution in [0.1, 0.15) is 54.9 Å². The number of nitrogens with zero attached hydrogens (tertiary/aromatic N) is 4. The molecule has 1 atom stereocenters. The molecular weight excluding hydrogens is 493 g/mol. The molecule has 0 aliphatic rings. The van der Waals surface area contributed by atoms with Crippen molar-refractivity contribution in [2.24, 2.45) is 0 Å². The standard InChI is InChI=1S/C25H40N7O4P/c1-9-18(3)20(35-10-2)11-26-22-21-23(28-15-27-22)32(16-29-21)12-19(4)36-17-37(30-24(5,6)13-33)31-25(7,8)14-34/h10,13-16,19,30-31H,2,9,11-12,17H2,1,3-8H3,(H,26,27,28)/b20-18-. The summed E-state index contributed by atoms with van der Waals surface area (Å²) in [7, 11) is -1.17. The summed E-state index contributed by atoms with van der Waals surface area (Å²) >= 11 is 0. The van der Waals surface area contributed by atoms with Crippen molar-refractivity contribution in [1.82, 2.24) is 29.7 Å². The molecule has 37 heavy (non-hydrogen) atoms. The molecule has 2 aromatic rings. The fourth-order valence-electron chi connectivity index (χ4n) is 3.27. The summed E-state index contributed by atoms with van der Waals surface area (Å²) in [6.07, 6.45) is 7.28. The lowest BCUT2D eigenvalue weighted by Crippen LogP contribution is -2.46. The van der Waals surface area contributed by atoms with E-state index in [1.165, 1.54) is 12.6 Å². The maximum atomic E-state index is 11.4. The van der Waals surface area contributed by atoms with Crippen LogP contribution in [0.4, 0.5) is 5.82 Å². The van der Waals surface area contributed by atoms with E-state index in [1.807, 2.05) is 18.4 Å². The number of fused-ring (bicyclic) bond motifs is 1. The molecule has 0 spiro atoms. The van der Waals surface area contributed by atoms with Gasteiger partial charge in [0.25, 0.3) is 0 Å². The number of ether oxygens (including phenoxy) is 2. The Balaban J connectivity index is 2.10. The van der Waals surface area contributed by atoms with Gasteiger partial charge in [0.15, 0.2) is 11.5 Å². The number of carbonyl (C=O) groups excluding carboxylic acids is 2. The van der Waals surface area contributed by atoms with Crippen LogP contribution in [0.2, 0.25) is 0 Å². The van der Waals surface area contributed by atoms with Crippen molar-refractivity contribution in [2.45, 2.75) is 78.6 Å². The van der Waals surface area contributed by atoms with Crippen molar-refractivity contribution < 1.29 is 19.1 Å². The Labute approximate surface area is 220 Å². The predicted molar refractivity (Wildman–Crippen MR) is 147 cm³/mol. The summed E-state index contributed by atoms with van der Waals surface area (Å²) in [4.78, 5) is 36.2. The molecule has 0 bridgehead atoms. The van der Waals surface area contributed by atoms with Crippen LogP contribution in [-0.4, -0.2) is 62.2 Å². The van der Waals surface area contributed by atoms with Crippen molar-refractivity contribution >= 4 is 37.8 Å². The van der Waals surface area contributed by atoms with Gasteiger partial charge in [-0.2, -0.15) is 0 Å². The zero-order valence-corrected chi connectivity index (χ0v) is 23.8. The molecule has 2 aromatic heterocycles. The Morgan fingerprint density at radius 2 is 1.81 bits per heavy atom. The van der Waals surface area contributed by atoms with Gasteiger partial charge in [0.05, 0.1) is 57.4 Å². The van der Waals surface area contributed by atoms with Gasteiger partial charge in [-0.3, -0.25) is 10.2 Å². The Morgan fingerprint density at radius 3 is 2.38 bits per heavy atom. The average Bonchev–Trinajstić information content (AvgIpc) is 3.27. The van der Waals surface area contributed by atoms with Crippen molar-refractivity contribution in [1.29, 1.82) is 0 Å². The lowest BCUT2D eigenvalue weighted by Gasteiger charge is -2.33. The summed E-state index contributed by atoms with van der Waals surface area (Å²) in [6, 6.07) is 0. The molecule has 0 saturated carbocycles. The maximum absolute atomic E-state index is 11.4. The van der Waals surface area contributed by atoms with Crippen molar-refractivity contribution in [3.05, 3.63) is 36.8 Å². The third-order valence-corrected chi connectivity index (χ3v) is 7.53. The Kier molecular flexibility index (Phi) is 11.3. The van der Waals surface area contributed by atoms with Gasteiger partial charge < -0.3 is 28.9 Å². The van der Waals surface area contributed by atoms with E-state index < -0.39 is 19.3 Å². The molecule has 12 heteroatoms. The quantitative estimate of drug-likeness (QED) is 0.156. The van der Waals surface area contributed by atoms with Gasteiger partial charge in [-0.15, -0.1) is 0 Å². The lowest BCUT2D eigenvalue weighted by molar-refractivity contribution is -0.112. The minimum absolute atomic E-state index is 0.196. The molecule has 0 aliphatic heterocycles. The van der Waals surface area contributed by atoms with E-state index in [2.05, 4.69) is 43.9 Å². The maximum Gasteiger partial charge on any atom is 0.165 e. The summed E-state index contributed by atoms with van der Waals surface area (Å²) in [5.74, 6) is 1.40. The topological polar surface area (TPSA) is 132 Å². The first-order valence-corrected chi connectivity index (χ1v) is 13.7. The molecule has 11 nitrogen and oxygen atoms in total. The molecule has 0 radical (unpaired) electrons. The zero-order valence-electron chi connectivity index (χ0n) is 22.9. The molecule has 2 rings (SSSR count). The molecule has 0 amide bonds. The second-order valence-electron chi connectivity index (χ2n) is 9.92. The van der Waals surface area contributed by atoms with E-state index in [-0.39, 0.29) is 6.10 Å². The van der Waals surface area contributed by atoms with Crippen LogP contribution in [-0.2, 0) is 25.6 Å². The Hall–Kier alpha value is -2.72. The van der Waals surface area contributed by atoms with Crippen LogP contribution < -0.4 is 15.5 Å². The van der Waals surface area contributed by atoms with Gasteiger partial charge in [0, 0.05) is 0 Å². The monoisotopic (exact) mass is 533 g/mol. The molecule has 1 unspecified atom stereocenters. The van der Waals surface area contributed by atoms with E-state index in [4.69, 9.17) is 9.47 Å². The second-order valence-corrected chi connectivity index (χ2v) is 11.5. The highest BCUT2D eigenvalue weighted by Crippen LogP contribution is 2.32. The zero-order chi connectivity index (χ0) is 27.6. The molecule has 0 fully saturated rings. The third-order valence-electron chi connectivity index (χ3n) is 5.43. The minimum atomic E-state index is -1.17. The highest BCUT2D eigenvalue weighted by atomic mass is 31.1. The number of carbonyl (C=O) groups is 2. The van der Waals surface area contributed by atoms with Crippen LogP contribution >= 0.6 is 8.22 Å². The number of anilines is 1. The summed E-state index contributed by atoms with van der Waals surface area (Å²) in [5, 5.41) is 9.81. The van der Waals surface area contributed by atoms with E-state index in [0.29, 0.717) is 36.4 Å². The van der Waals surface area contributed by atoms with Gasteiger partial charge in [0.1, 0.15) is 30.2 Å². The first kappa shape index (κ1) is 30.5. The van der Waals surface area contributed by atoms with Crippen molar-refractivity contribution in [3.8, 4) is 0 Å². The molecule has 0 aromatic carbocycles. The summed E-state index contributed by atoms with van der Waals surface area (Å²) in [5.41, 5.74) is 0.927. The third kappa shape index (κ3) is 9.27. The molecular formula is C25H40N7O4P. The number of aromatic nitrogens is 4. The smallest absolute Gasteiger partial charge is 0.165 e. The first-order chi connectivity index (χ1) is 17.4. The van der Waals surface area contributed by atoms with Gasteiger partial charge in [-0.05, 0) is 53.5 Å². The summed E-state index contributed by atoms with van der Waals surface area (Å²) in [6.45, 7) is 17.8. The van der Waals surface area contributed by atoms with E-state index in [1.54, 1.807) is 34.0 Å². The predicted octanol–water partition coefficient (Wildman–Crippen LogP) is 3.89. The highest BCUT2D eigenvalue weighted by molar-refractivity contribution is 7.53. The number of hydrogen-bond acceptors (Lipinski definition) is 10. The molecule has 2 heterocycles. The van der Waals surface area contributed by atoms with Crippen molar-refractivity contribution in [3.63, 3.8) is 0 Å². The fourth-order valence-corrected chi connectivity index (χ4v) is 5.36. The Morgan fingerprint density at radius 1 is 1.16 bits per heavy atom. The molecule has 3 N–H and O–H groups in total.